The molecule has 0 radical (unpaired) electrons. The molecular formula is C21H22N2O3. The van der Waals surface area contributed by atoms with E-state index in [2.05, 4.69) is 0 Å². The first-order valence-corrected chi connectivity index (χ1v) is 8.80. The van der Waals surface area contributed by atoms with Gasteiger partial charge in [-0.15, -0.1) is 0 Å². The summed E-state index contributed by atoms with van der Waals surface area (Å²) in [6.45, 7) is 2.49. The number of nitrogens with one attached hydrogen (secondary N) is 1. The molecule has 0 spiro atoms. The first-order chi connectivity index (χ1) is 12.6. The zero-order valence-corrected chi connectivity index (χ0v) is 14.8. The third-order valence-electron chi connectivity index (χ3n) is 4.64. The summed E-state index contributed by atoms with van der Waals surface area (Å²) < 4.78 is 5.22. The van der Waals surface area contributed by atoms with E-state index in [1.165, 1.54) is 0 Å². The van der Waals surface area contributed by atoms with Gasteiger partial charge in [-0.25, -0.2) is 4.79 Å². The van der Waals surface area contributed by atoms with Crippen molar-refractivity contribution in [3.8, 4) is 0 Å². The van der Waals surface area contributed by atoms with Crippen molar-refractivity contribution in [3.05, 3.63) is 65.7 Å². The van der Waals surface area contributed by atoms with E-state index in [1.807, 2.05) is 61.5 Å². The number of carbonyl (C=O) groups excluding carboxylic acids is 2. The van der Waals surface area contributed by atoms with Crippen molar-refractivity contribution in [2.24, 2.45) is 5.92 Å². The molecule has 1 aliphatic rings. The van der Waals surface area contributed by atoms with E-state index in [9.17, 15) is 9.59 Å². The summed E-state index contributed by atoms with van der Waals surface area (Å²) in [5.74, 6) is -1.73. The zero-order chi connectivity index (χ0) is 18.5. The first kappa shape index (κ1) is 17.9. The highest BCUT2D eigenvalue weighted by Crippen LogP contribution is 2.29. The Hall–Kier alpha value is -2.95. The molecule has 0 aromatic heterocycles. The molecule has 2 aromatic carbocycles. The van der Waals surface area contributed by atoms with E-state index in [0.29, 0.717) is 13.0 Å². The van der Waals surface area contributed by atoms with Crippen molar-refractivity contribution in [2.75, 3.05) is 11.4 Å². The Morgan fingerprint density at radius 2 is 1.81 bits per heavy atom. The predicted molar refractivity (Wildman–Crippen MR) is 100 cm³/mol. The molecule has 0 saturated heterocycles. The van der Waals surface area contributed by atoms with Gasteiger partial charge in [-0.05, 0) is 30.0 Å². The molecule has 5 nitrogen and oxygen atoms in total. The van der Waals surface area contributed by atoms with Gasteiger partial charge >= 0.3 is 5.97 Å². The molecule has 0 saturated carbocycles. The van der Waals surface area contributed by atoms with Crippen LogP contribution >= 0.6 is 0 Å². The quantitative estimate of drug-likeness (QED) is 0.641. The summed E-state index contributed by atoms with van der Waals surface area (Å²) in [6.07, 6.45) is 1.18. The van der Waals surface area contributed by atoms with Crippen LogP contribution in [0, 0.1) is 11.3 Å². The number of anilines is 1. The summed E-state index contributed by atoms with van der Waals surface area (Å²) in [4.78, 5) is 26.9. The van der Waals surface area contributed by atoms with E-state index in [1.54, 1.807) is 4.90 Å². The summed E-state index contributed by atoms with van der Waals surface area (Å²) in [5.41, 5.74) is 2.56. The molecule has 134 valence electrons. The Balaban J connectivity index is 1.67. The predicted octanol–water partition coefficient (Wildman–Crippen LogP) is 3.37. The molecule has 1 amide bonds. The molecule has 1 N–H and O–H groups in total. The molecular weight excluding hydrogens is 328 g/mol. The summed E-state index contributed by atoms with van der Waals surface area (Å²) in [5, 5.41) is 8.17. The fourth-order valence-corrected chi connectivity index (χ4v) is 3.20. The van der Waals surface area contributed by atoms with Gasteiger partial charge in [0.15, 0.2) is 0 Å². The number of nitrogens with zero attached hydrogens (tertiary/aromatic N) is 1. The van der Waals surface area contributed by atoms with Crippen molar-refractivity contribution in [1.82, 2.24) is 0 Å². The fraction of sp³-hybridized carbons (Fsp3) is 0.286. The van der Waals surface area contributed by atoms with Crippen LogP contribution in [-0.4, -0.2) is 24.1 Å². The first-order valence-electron chi connectivity index (χ1n) is 8.80. The van der Waals surface area contributed by atoms with Crippen LogP contribution in [0.2, 0.25) is 0 Å². The van der Waals surface area contributed by atoms with Crippen LogP contribution in [0.3, 0.4) is 0 Å². The van der Waals surface area contributed by atoms with Gasteiger partial charge in [0.25, 0.3) is 0 Å². The Labute approximate surface area is 153 Å². The van der Waals surface area contributed by atoms with Gasteiger partial charge in [-0.3, -0.25) is 10.2 Å². The number of rotatable bonds is 6. The number of ether oxygens (including phenoxy) is 1. The third kappa shape index (κ3) is 3.67. The van der Waals surface area contributed by atoms with E-state index in [0.717, 1.165) is 23.2 Å². The van der Waals surface area contributed by atoms with Gasteiger partial charge in [-0.1, -0.05) is 55.5 Å². The molecule has 0 bridgehead atoms. The van der Waals surface area contributed by atoms with Gasteiger partial charge in [0, 0.05) is 12.2 Å². The Morgan fingerprint density at radius 3 is 2.54 bits per heavy atom. The lowest BCUT2D eigenvalue weighted by Crippen LogP contribution is -2.40. The average molecular weight is 350 g/mol. The molecule has 1 heterocycles. The maximum Gasteiger partial charge on any atom is 0.353 e. The second kappa shape index (κ2) is 7.95. The molecule has 2 aromatic rings. The molecule has 0 fully saturated rings. The topological polar surface area (TPSA) is 70.5 Å². The van der Waals surface area contributed by atoms with Crippen LogP contribution < -0.4 is 4.90 Å². The van der Waals surface area contributed by atoms with E-state index in [4.69, 9.17) is 10.1 Å². The lowest BCUT2D eigenvalue weighted by Gasteiger charge is -2.23. The van der Waals surface area contributed by atoms with Crippen molar-refractivity contribution in [3.63, 3.8) is 0 Å². The highest BCUT2D eigenvalue weighted by Gasteiger charge is 2.34. The number of carbonyl (C=O) groups is 2. The van der Waals surface area contributed by atoms with Crippen molar-refractivity contribution in [1.29, 1.82) is 5.41 Å². The van der Waals surface area contributed by atoms with Crippen LogP contribution in [-0.2, 0) is 27.4 Å². The lowest BCUT2D eigenvalue weighted by molar-refractivity contribution is -0.138. The average Bonchev–Trinajstić information content (AvgIpc) is 3.11. The number of fused-ring (bicyclic) bond motifs is 1. The molecule has 1 unspecified atom stereocenters. The molecule has 5 heteroatoms. The van der Waals surface area contributed by atoms with E-state index in [-0.39, 0.29) is 18.2 Å². The van der Waals surface area contributed by atoms with Gasteiger partial charge in [0.1, 0.15) is 12.3 Å². The second-order valence-corrected chi connectivity index (χ2v) is 6.30. The Morgan fingerprint density at radius 1 is 1.12 bits per heavy atom. The van der Waals surface area contributed by atoms with Crippen LogP contribution in [0.25, 0.3) is 0 Å². The minimum Gasteiger partial charge on any atom is -0.456 e. The maximum absolute atomic E-state index is 12.9. The molecule has 0 aliphatic carbocycles. The van der Waals surface area contributed by atoms with Crippen LogP contribution in [0.15, 0.2) is 54.6 Å². The summed E-state index contributed by atoms with van der Waals surface area (Å²) in [7, 11) is 0. The number of hydrogen-bond acceptors (Lipinski definition) is 4. The number of amides is 1. The molecule has 3 rings (SSSR count). The normalized spacial score (nSPS) is 13.8. The molecule has 26 heavy (non-hydrogen) atoms. The highest BCUT2D eigenvalue weighted by molar-refractivity contribution is 6.40. The van der Waals surface area contributed by atoms with Gasteiger partial charge in [0.05, 0.1) is 5.92 Å². The number of hydrogen-bond donors (Lipinski definition) is 1. The van der Waals surface area contributed by atoms with Gasteiger partial charge in [-0.2, -0.15) is 0 Å². The lowest BCUT2D eigenvalue weighted by atomic mass is 9.98. The smallest absolute Gasteiger partial charge is 0.353 e. The highest BCUT2D eigenvalue weighted by atomic mass is 16.5. The minimum atomic E-state index is -0.788. The second-order valence-electron chi connectivity index (χ2n) is 6.30. The van der Waals surface area contributed by atoms with Crippen molar-refractivity contribution >= 4 is 23.3 Å². The summed E-state index contributed by atoms with van der Waals surface area (Å²) in [6, 6.07) is 17.1. The van der Waals surface area contributed by atoms with Gasteiger partial charge in [0.2, 0.25) is 5.91 Å². The standard InChI is InChI=1S/C21H22N2O3/c1-2-17(19(22)21(25)26-14-15-8-4-3-5-9-15)20(24)23-13-12-16-10-6-7-11-18(16)23/h3-11,17,22H,2,12-14H2,1H3. The fourth-order valence-electron chi connectivity index (χ4n) is 3.20. The largest absolute Gasteiger partial charge is 0.456 e. The molecule has 1 aliphatic heterocycles. The maximum atomic E-state index is 12.9. The van der Waals surface area contributed by atoms with Crippen LogP contribution in [0.1, 0.15) is 24.5 Å². The minimum absolute atomic E-state index is 0.0965. The number of esters is 1. The van der Waals surface area contributed by atoms with Gasteiger partial charge < -0.3 is 9.64 Å². The molecule has 1 atom stereocenters. The Bertz CT molecular complexity index is 817. The van der Waals surface area contributed by atoms with E-state index >= 15 is 0 Å². The zero-order valence-electron chi connectivity index (χ0n) is 14.8. The third-order valence-corrected chi connectivity index (χ3v) is 4.64. The van der Waals surface area contributed by atoms with E-state index < -0.39 is 11.9 Å². The number of benzene rings is 2. The van der Waals surface area contributed by atoms with Crippen LogP contribution in [0.5, 0.6) is 0 Å². The van der Waals surface area contributed by atoms with Crippen molar-refractivity contribution in [2.45, 2.75) is 26.4 Å². The monoisotopic (exact) mass is 350 g/mol. The Kier molecular flexibility index (Phi) is 5.46. The van der Waals surface area contributed by atoms with Crippen molar-refractivity contribution < 1.29 is 14.3 Å². The van der Waals surface area contributed by atoms with Crippen LogP contribution in [0.4, 0.5) is 5.69 Å². The number of para-hydroxylation sites is 1. The SMILES string of the molecule is CCC(C(=N)C(=O)OCc1ccccc1)C(=O)N1CCc2ccccc21. The summed E-state index contributed by atoms with van der Waals surface area (Å²) >= 11 is 0.